The van der Waals surface area contributed by atoms with Crippen LogP contribution < -0.4 is 0 Å². The van der Waals surface area contributed by atoms with Crippen molar-refractivity contribution in [1.82, 2.24) is 9.97 Å². The molecule has 12 heteroatoms. The topological polar surface area (TPSA) is 166 Å². The Morgan fingerprint density at radius 1 is 0.528 bits per heavy atom. The summed E-state index contributed by atoms with van der Waals surface area (Å²) >= 11 is 0. The number of fused-ring (bicyclic) bond motifs is 3. The van der Waals surface area contributed by atoms with Gasteiger partial charge in [0.2, 0.25) is 0 Å². The second kappa shape index (κ2) is 10.3. The summed E-state index contributed by atoms with van der Waals surface area (Å²) in [5, 5.41) is 1.61. The molecule has 2 aromatic heterocycles. The Labute approximate surface area is 228 Å². The second-order valence-corrected chi connectivity index (χ2v) is 10.4. The van der Waals surface area contributed by atoms with Gasteiger partial charge < -0.3 is 5.48 Å². The third kappa shape index (κ3) is 5.19. The zero-order valence-corrected chi connectivity index (χ0v) is 22.5. The maximum Gasteiger partial charge on any atom is 0.294 e. The number of rotatable bonds is 4. The van der Waals surface area contributed by atoms with Gasteiger partial charge in [0.25, 0.3) is 20.2 Å². The van der Waals surface area contributed by atoms with E-state index in [1.54, 1.807) is 36.7 Å². The predicted octanol–water partition coefficient (Wildman–Crippen LogP) is 3.40. The molecule has 0 fully saturated rings. The fourth-order valence-corrected chi connectivity index (χ4v) is 4.90. The van der Waals surface area contributed by atoms with Crippen molar-refractivity contribution in [3.63, 3.8) is 0 Å². The Morgan fingerprint density at radius 2 is 0.861 bits per heavy atom. The molecular weight excluding hydrogens is 515 g/mol. The summed E-state index contributed by atoms with van der Waals surface area (Å²) in [5.41, 5.74) is 4.42. The van der Waals surface area contributed by atoms with Gasteiger partial charge in [-0.3, -0.25) is 19.1 Å². The van der Waals surface area contributed by atoms with Gasteiger partial charge in [0.15, 0.2) is 0 Å². The van der Waals surface area contributed by atoms with Crippen molar-refractivity contribution >= 4 is 71.6 Å². The largest absolute Gasteiger partial charge is 0.412 e. The summed E-state index contributed by atoms with van der Waals surface area (Å²) in [6.45, 7) is 0. The van der Waals surface area contributed by atoms with Crippen LogP contribution in [0.15, 0.2) is 95.0 Å². The van der Waals surface area contributed by atoms with Crippen LogP contribution in [-0.2, 0) is 20.2 Å². The van der Waals surface area contributed by atoms with Crippen LogP contribution in [0.4, 0.5) is 0 Å². The smallest absolute Gasteiger partial charge is 0.294 e. The SMILES string of the molecule is O.O=S(=O)(O)c1ccc(-c2ccnc3c2ccc2c(-c4ccc(S(=O)(=O)O)cc4)ccnc23)cc1.[Na]. The van der Waals surface area contributed by atoms with E-state index < -0.39 is 20.2 Å². The fraction of sp³-hybridized carbons (Fsp3) is 0. The van der Waals surface area contributed by atoms with Crippen molar-refractivity contribution in [3.8, 4) is 22.3 Å². The molecule has 0 saturated heterocycles. The Hall–Kier alpha value is -2.74. The minimum Gasteiger partial charge on any atom is -0.412 e. The molecule has 0 aliphatic rings. The molecule has 0 bridgehead atoms. The average molecular weight is 534 g/mol. The molecule has 0 aliphatic heterocycles. The van der Waals surface area contributed by atoms with E-state index in [4.69, 9.17) is 0 Å². The molecule has 36 heavy (non-hydrogen) atoms. The number of hydrogen-bond donors (Lipinski definition) is 2. The maximum atomic E-state index is 11.4. The van der Waals surface area contributed by atoms with E-state index in [1.807, 2.05) is 24.3 Å². The van der Waals surface area contributed by atoms with Gasteiger partial charge in [0.05, 0.1) is 20.8 Å². The first-order chi connectivity index (χ1) is 16.1. The summed E-state index contributed by atoms with van der Waals surface area (Å²) in [6, 6.07) is 19.2. The van der Waals surface area contributed by atoms with Gasteiger partial charge in [-0.05, 0) is 58.7 Å². The number of hydrogen-bond acceptors (Lipinski definition) is 6. The number of benzene rings is 3. The van der Waals surface area contributed by atoms with Gasteiger partial charge >= 0.3 is 0 Å². The van der Waals surface area contributed by atoms with Crippen LogP contribution in [0.5, 0.6) is 0 Å². The Morgan fingerprint density at radius 3 is 1.17 bits per heavy atom. The molecule has 0 unspecified atom stereocenters. The first-order valence-corrected chi connectivity index (χ1v) is 12.8. The van der Waals surface area contributed by atoms with Gasteiger partial charge in [-0.15, -0.1) is 0 Å². The minimum absolute atomic E-state index is 0. The first kappa shape index (κ1) is 27.8. The molecule has 2 heterocycles. The summed E-state index contributed by atoms with van der Waals surface area (Å²) < 4.78 is 63.9. The summed E-state index contributed by atoms with van der Waals surface area (Å²) in [4.78, 5) is 8.67. The Kier molecular flexibility index (Phi) is 7.98. The van der Waals surface area contributed by atoms with Crippen LogP contribution >= 0.6 is 0 Å². The van der Waals surface area contributed by atoms with Gasteiger partial charge in [-0.1, -0.05) is 36.4 Å². The quantitative estimate of drug-likeness (QED) is 0.201. The van der Waals surface area contributed by atoms with Gasteiger partial charge in [0, 0.05) is 52.7 Å². The summed E-state index contributed by atoms with van der Waals surface area (Å²) in [6.07, 6.45) is 3.28. The number of nitrogens with zero attached hydrogens (tertiary/aromatic N) is 2. The van der Waals surface area contributed by atoms with Crippen molar-refractivity contribution in [3.05, 3.63) is 85.2 Å². The molecule has 0 saturated carbocycles. The van der Waals surface area contributed by atoms with Crippen molar-refractivity contribution < 1.29 is 31.4 Å². The van der Waals surface area contributed by atoms with Gasteiger partial charge in [-0.2, -0.15) is 16.8 Å². The van der Waals surface area contributed by atoms with E-state index >= 15 is 0 Å². The molecular formula is C24H18N2NaO7S2. The van der Waals surface area contributed by atoms with Crippen molar-refractivity contribution in [2.45, 2.75) is 9.79 Å². The molecule has 0 amide bonds. The van der Waals surface area contributed by atoms with E-state index in [0.717, 1.165) is 33.0 Å². The van der Waals surface area contributed by atoms with Crippen LogP contribution in [0.25, 0.3) is 44.1 Å². The molecule has 0 atom stereocenters. The molecule has 4 N–H and O–H groups in total. The first-order valence-electron chi connectivity index (χ1n) is 9.95. The monoisotopic (exact) mass is 533 g/mol. The number of aromatic nitrogens is 2. The molecule has 5 aromatic rings. The van der Waals surface area contributed by atoms with E-state index in [1.165, 1.54) is 24.3 Å². The van der Waals surface area contributed by atoms with E-state index in [9.17, 15) is 25.9 Å². The Balaban J connectivity index is 0.00000180. The standard InChI is InChI=1S/C24H16N2O6S2.Na.H2O/c27-33(28,29)17-5-1-15(2-6-17)19-11-13-25-23-21(19)9-10-22-20(12-14-26-24(22)23)16-3-7-18(8-4-16)34(30,31)32;;/h1-14H,(H,27,28,29)(H,30,31,32);;1H2. The van der Waals surface area contributed by atoms with Crippen molar-refractivity contribution in [1.29, 1.82) is 0 Å². The summed E-state index contributed by atoms with van der Waals surface area (Å²) in [5.74, 6) is 0. The fourth-order valence-electron chi connectivity index (χ4n) is 3.94. The molecule has 0 spiro atoms. The third-order valence-electron chi connectivity index (χ3n) is 5.55. The van der Waals surface area contributed by atoms with Crippen LogP contribution in [0.2, 0.25) is 0 Å². The van der Waals surface area contributed by atoms with E-state index in [0.29, 0.717) is 11.0 Å². The van der Waals surface area contributed by atoms with Crippen LogP contribution in [0, 0.1) is 0 Å². The molecule has 3 aromatic carbocycles. The molecule has 179 valence electrons. The van der Waals surface area contributed by atoms with Gasteiger partial charge in [0.1, 0.15) is 0 Å². The molecule has 5 rings (SSSR count). The van der Waals surface area contributed by atoms with Gasteiger partial charge in [-0.25, -0.2) is 0 Å². The van der Waals surface area contributed by atoms with Crippen LogP contribution in [0.1, 0.15) is 0 Å². The normalized spacial score (nSPS) is 11.6. The third-order valence-corrected chi connectivity index (χ3v) is 7.28. The van der Waals surface area contributed by atoms with Crippen LogP contribution in [0.3, 0.4) is 0 Å². The maximum absolute atomic E-state index is 11.4. The zero-order chi connectivity index (χ0) is 24.1. The van der Waals surface area contributed by atoms with E-state index in [-0.39, 0.29) is 44.8 Å². The molecule has 0 aliphatic carbocycles. The van der Waals surface area contributed by atoms with E-state index in [2.05, 4.69) is 9.97 Å². The molecule has 9 nitrogen and oxygen atoms in total. The number of pyridine rings is 2. The van der Waals surface area contributed by atoms with Crippen LogP contribution in [-0.4, -0.2) is 70.9 Å². The van der Waals surface area contributed by atoms with Crippen molar-refractivity contribution in [2.24, 2.45) is 0 Å². The predicted molar refractivity (Wildman–Crippen MR) is 137 cm³/mol. The Bertz CT molecular complexity index is 1660. The summed E-state index contributed by atoms with van der Waals surface area (Å²) in [7, 11) is -8.57. The minimum atomic E-state index is -4.28. The zero-order valence-electron chi connectivity index (χ0n) is 18.8. The second-order valence-electron chi connectivity index (χ2n) is 7.57. The molecule has 1 radical (unpaired) electrons. The van der Waals surface area contributed by atoms with Crippen molar-refractivity contribution in [2.75, 3.05) is 0 Å². The average Bonchev–Trinajstić information content (AvgIpc) is 2.82.